The summed E-state index contributed by atoms with van der Waals surface area (Å²) >= 11 is 1.22. The van der Waals surface area contributed by atoms with E-state index in [2.05, 4.69) is 0 Å². The van der Waals surface area contributed by atoms with E-state index in [1.807, 2.05) is 0 Å². The number of thiophene rings is 1. The lowest BCUT2D eigenvalue weighted by Gasteiger charge is -2.20. The summed E-state index contributed by atoms with van der Waals surface area (Å²) in [6.07, 6.45) is 1.28. The van der Waals surface area contributed by atoms with Gasteiger partial charge in [0, 0.05) is 13.1 Å². The van der Waals surface area contributed by atoms with E-state index in [0.29, 0.717) is 10.6 Å². The van der Waals surface area contributed by atoms with Crippen molar-refractivity contribution in [2.75, 3.05) is 18.8 Å². The molecule has 0 aromatic carbocycles. The second kappa shape index (κ2) is 5.39. The molecule has 0 aliphatic carbocycles. The Kier molecular flexibility index (Phi) is 3.86. The number of hydrogen-bond acceptors (Lipinski definition) is 5. The fourth-order valence-electron chi connectivity index (χ4n) is 1.94. The van der Waals surface area contributed by atoms with Crippen LogP contribution in [0.4, 0.5) is 5.69 Å². The molecule has 1 saturated heterocycles. The highest BCUT2D eigenvalue weighted by Gasteiger charge is 2.27. The summed E-state index contributed by atoms with van der Waals surface area (Å²) < 4.78 is 5.15. The number of esters is 1. The lowest BCUT2D eigenvalue weighted by molar-refractivity contribution is -0.138. The second-order valence-corrected chi connectivity index (χ2v) is 5.20. The number of carbonyl (C=O) groups excluding carboxylic acids is 2. The van der Waals surface area contributed by atoms with Crippen LogP contribution in [0.15, 0.2) is 11.4 Å². The molecule has 1 aliphatic heterocycles. The molecule has 1 amide bonds. The van der Waals surface area contributed by atoms with Gasteiger partial charge in [-0.25, -0.2) is 4.79 Å². The lowest BCUT2D eigenvalue weighted by Crippen LogP contribution is -2.38. The molecule has 1 aromatic rings. The van der Waals surface area contributed by atoms with Gasteiger partial charge in [-0.3, -0.25) is 4.79 Å². The molecule has 98 valence electrons. The van der Waals surface area contributed by atoms with Crippen LogP contribution in [0.3, 0.4) is 0 Å². The number of nitrogens with two attached hydrogens (primary N) is 1. The quantitative estimate of drug-likeness (QED) is 0.843. The van der Waals surface area contributed by atoms with E-state index in [1.54, 1.807) is 23.3 Å². The normalized spacial score (nSPS) is 16.6. The Morgan fingerprint density at radius 1 is 1.44 bits per heavy atom. The van der Waals surface area contributed by atoms with E-state index in [-0.39, 0.29) is 5.91 Å². The van der Waals surface area contributed by atoms with Crippen LogP contribution in [-0.2, 0) is 9.53 Å². The Morgan fingerprint density at radius 2 is 2.11 bits per heavy atom. The minimum Gasteiger partial charge on any atom is -0.448 e. The number of anilines is 1. The van der Waals surface area contributed by atoms with E-state index < -0.39 is 12.1 Å². The van der Waals surface area contributed by atoms with Crippen molar-refractivity contribution >= 4 is 28.9 Å². The summed E-state index contributed by atoms with van der Waals surface area (Å²) in [5.74, 6) is -0.654. The largest absolute Gasteiger partial charge is 0.448 e. The zero-order chi connectivity index (χ0) is 13.1. The number of carbonyl (C=O) groups is 2. The molecule has 1 aliphatic rings. The third-order valence-corrected chi connectivity index (χ3v) is 3.84. The molecule has 1 fully saturated rings. The van der Waals surface area contributed by atoms with E-state index in [0.717, 1.165) is 25.9 Å². The number of amides is 1. The van der Waals surface area contributed by atoms with Gasteiger partial charge in [0.2, 0.25) is 0 Å². The molecule has 5 nitrogen and oxygen atoms in total. The number of nitrogens with zero attached hydrogens (tertiary/aromatic N) is 1. The molecule has 6 heteroatoms. The first-order chi connectivity index (χ1) is 8.59. The SMILES string of the molecule is CC(OC(=O)c1sccc1N)C(=O)N1CCCC1. The zero-order valence-electron chi connectivity index (χ0n) is 10.2. The highest BCUT2D eigenvalue weighted by Crippen LogP contribution is 2.21. The maximum atomic E-state index is 12.0. The van der Waals surface area contributed by atoms with E-state index in [1.165, 1.54) is 11.3 Å². The first-order valence-electron chi connectivity index (χ1n) is 5.92. The third-order valence-electron chi connectivity index (χ3n) is 2.93. The summed E-state index contributed by atoms with van der Waals surface area (Å²) in [6, 6.07) is 1.65. The molecule has 1 aromatic heterocycles. The minimum absolute atomic E-state index is 0.129. The number of nitrogen functional groups attached to an aromatic ring is 1. The van der Waals surface area contributed by atoms with E-state index in [4.69, 9.17) is 10.5 Å². The second-order valence-electron chi connectivity index (χ2n) is 4.28. The summed E-state index contributed by atoms with van der Waals surface area (Å²) in [5, 5.41) is 1.72. The minimum atomic E-state index is -0.753. The first-order valence-corrected chi connectivity index (χ1v) is 6.80. The Balaban J connectivity index is 1.94. The van der Waals surface area contributed by atoms with Crippen LogP contribution in [0.25, 0.3) is 0 Å². The van der Waals surface area contributed by atoms with Crippen LogP contribution < -0.4 is 5.73 Å². The van der Waals surface area contributed by atoms with E-state index in [9.17, 15) is 9.59 Å². The van der Waals surface area contributed by atoms with Crippen molar-refractivity contribution < 1.29 is 14.3 Å². The summed E-state index contributed by atoms with van der Waals surface area (Å²) in [4.78, 5) is 25.8. The zero-order valence-corrected chi connectivity index (χ0v) is 11.0. The third kappa shape index (κ3) is 2.64. The molecule has 0 radical (unpaired) electrons. The molecule has 0 saturated carbocycles. The Morgan fingerprint density at radius 3 is 2.67 bits per heavy atom. The van der Waals surface area contributed by atoms with Gasteiger partial charge < -0.3 is 15.4 Å². The number of likely N-dealkylation sites (tertiary alicyclic amines) is 1. The highest BCUT2D eigenvalue weighted by atomic mass is 32.1. The van der Waals surface area contributed by atoms with Crippen LogP contribution in [-0.4, -0.2) is 36.0 Å². The lowest BCUT2D eigenvalue weighted by atomic mass is 10.3. The maximum absolute atomic E-state index is 12.0. The van der Waals surface area contributed by atoms with Crippen LogP contribution in [0.1, 0.15) is 29.4 Å². The van der Waals surface area contributed by atoms with Crippen molar-refractivity contribution in [2.24, 2.45) is 0 Å². The van der Waals surface area contributed by atoms with Crippen LogP contribution in [0.5, 0.6) is 0 Å². The summed E-state index contributed by atoms with van der Waals surface area (Å²) in [6.45, 7) is 3.10. The standard InChI is InChI=1S/C12H16N2O3S/c1-8(11(15)14-5-2-3-6-14)17-12(16)10-9(13)4-7-18-10/h4,7-8H,2-3,5-6,13H2,1H3. The molecular formula is C12H16N2O3S. The monoisotopic (exact) mass is 268 g/mol. The molecule has 1 unspecified atom stereocenters. The Labute approximate surface area is 110 Å². The van der Waals surface area contributed by atoms with Gasteiger partial charge >= 0.3 is 5.97 Å². The maximum Gasteiger partial charge on any atom is 0.351 e. The van der Waals surface area contributed by atoms with Gasteiger partial charge in [-0.15, -0.1) is 11.3 Å². The molecule has 0 spiro atoms. The van der Waals surface area contributed by atoms with Crippen molar-refractivity contribution in [1.82, 2.24) is 4.90 Å². The molecular weight excluding hydrogens is 252 g/mol. The molecule has 2 N–H and O–H groups in total. The fourth-order valence-corrected chi connectivity index (χ4v) is 2.64. The Bertz CT molecular complexity index is 452. The van der Waals surface area contributed by atoms with Gasteiger partial charge in [0.05, 0.1) is 5.69 Å². The molecule has 1 atom stereocenters. The topological polar surface area (TPSA) is 72.6 Å². The van der Waals surface area contributed by atoms with Gasteiger partial charge in [0.25, 0.3) is 5.91 Å². The van der Waals surface area contributed by atoms with Crippen LogP contribution >= 0.6 is 11.3 Å². The van der Waals surface area contributed by atoms with Gasteiger partial charge in [-0.05, 0) is 31.2 Å². The van der Waals surface area contributed by atoms with Crippen LogP contribution in [0, 0.1) is 0 Å². The van der Waals surface area contributed by atoms with Gasteiger partial charge in [0.1, 0.15) is 4.88 Å². The van der Waals surface area contributed by atoms with Crippen molar-refractivity contribution in [1.29, 1.82) is 0 Å². The van der Waals surface area contributed by atoms with Crippen molar-refractivity contribution in [2.45, 2.75) is 25.9 Å². The van der Waals surface area contributed by atoms with Crippen molar-refractivity contribution in [3.63, 3.8) is 0 Å². The molecule has 0 bridgehead atoms. The number of rotatable bonds is 3. The Hall–Kier alpha value is -1.56. The summed E-state index contributed by atoms with van der Waals surface area (Å²) in [5.41, 5.74) is 6.02. The average Bonchev–Trinajstić information content (AvgIpc) is 2.98. The predicted molar refractivity (Wildman–Crippen MR) is 69.4 cm³/mol. The predicted octanol–water partition coefficient (Wildman–Crippen LogP) is 1.50. The first kappa shape index (κ1) is 12.9. The number of hydrogen-bond donors (Lipinski definition) is 1. The van der Waals surface area contributed by atoms with Gasteiger partial charge in [-0.1, -0.05) is 0 Å². The molecule has 2 rings (SSSR count). The summed E-state index contributed by atoms with van der Waals surface area (Å²) in [7, 11) is 0. The van der Waals surface area contributed by atoms with Gasteiger partial charge in [0.15, 0.2) is 6.10 Å². The molecule has 2 heterocycles. The average molecular weight is 268 g/mol. The number of ether oxygens (including phenoxy) is 1. The van der Waals surface area contributed by atoms with Crippen molar-refractivity contribution in [3.05, 3.63) is 16.3 Å². The highest BCUT2D eigenvalue weighted by molar-refractivity contribution is 7.12. The van der Waals surface area contributed by atoms with Crippen molar-refractivity contribution in [3.8, 4) is 0 Å². The molecule has 18 heavy (non-hydrogen) atoms. The van der Waals surface area contributed by atoms with E-state index >= 15 is 0 Å². The van der Waals surface area contributed by atoms with Crippen LogP contribution in [0.2, 0.25) is 0 Å². The fraction of sp³-hybridized carbons (Fsp3) is 0.500. The van der Waals surface area contributed by atoms with Gasteiger partial charge in [-0.2, -0.15) is 0 Å². The smallest absolute Gasteiger partial charge is 0.351 e.